The number of thiophene rings is 2. The van der Waals surface area contributed by atoms with Gasteiger partial charge in [-0.2, -0.15) is 0 Å². The van der Waals surface area contributed by atoms with Crippen molar-refractivity contribution < 1.29 is 8.83 Å². The minimum Gasteiger partial charge on any atom is -0.452 e. The summed E-state index contributed by atoms with van der Waals surface area (Å²) in [7, 11) is 0. The van der Waals surface area contributed by atoms with Crippen LogP contribution in [0.25, 0.3) is 208 Å². The first-order valence-corrected chi connectivity index (χ1v) is 46.6. The molecule has 26 rings (SSSR count). The highest BCUT2D eigenvalue weighted by molar-refractivity contribution is 7.26. The fraction of sp³-hybridized carbons (Fsp3) is 0.0593. The minimum absolute atomic E-state index is 0.715. The van der Waals surface area contributed by atoms with E-state index in [4.69, 9.17) is 13.8 Å². The molecule has 0 bridgehead atoms. The highest BCUT2D eigenvalue weighted by atomic mass is 32.1. The topological polar surface area (TPSA) is 220 Å². The van der Waals surface area contributed by atoms with Crippen LogP contribution < -0.4 is 0 Å². The Kier molecular flexibility index (Phi) is 25.5. The Labute approximate surface area is 797 Å². The second-order valence-electron chi connectivity index (χ2n) is 32.5. The van der Waals surface area contributed by atoms with Crippen LogP contribution in [0.5, 0.6) is 0 Å². The Morgan fingerprint density at radius 1 is 0.182 bits per heavy atom. The second kappa shape index (κ2) is 40.0. The number of para-hydroxylation sites is 3. The number of hydrogen-bond acceptors (Lipinski definition) is 19. The maximum atomic E-state index is 5.97. The second-order valence-corrected chi connectivity index (χ2v) is 34.6. The first kappa shape index (κ1) is 87.6. The van der Waals surface area contributed by atoms with Gasteiger partial charge in [-0.05, 0) is 102 Å². The van der Waals surface area contributed by atoms with Crippen LogP contribution in [-0.4, -0.2) is 74.8 Å². The predicted octanol–water partition coefficient (Wildman–Crippen LogP) is 30.2. The lowest BCUT2D eigenvalue weighted by Gasteiger charge is -2.09. The van der Waals surface area contributed by atoms with E-state index >= 15 is 0 Å². The number of aryl methyl sites for hydroxylation is 7. The van der Waals surface area contributed by atoms with Crippen LogP contribution >= 0.6 is 22.7 Å². The van der Waals surface area contributed by atoms with Crippen LogP contribution in [-0.2, 0) is 0 Å². The highest BCUT2D eigenvalue weighted by Crippen LogP contribution is 2.41. The van der Waals surface area contributed by atoms with E-state index in [0.29, 0.717) is 11.6 Å². The summed E-state index contributed by atoms with van der Waals surface area (Å²) >= 11 is 3.53. The first-order chi connectivity index (χ1) is 67.3. The lowest BCUT2D eigenvalue weighted by molar-refractivity contribution is 0.661. The van der Waals surface area contributed by atoms with Crippen LogP contribution in [0.15, 0.2) is 409 Å². The third kappa shape index (κ3) is 19.2. The molecule has 0 amide bonds. The smallest absolute Gasteiger partial charge is 0.180 e. The van der Waals surface area contributed by atoms with Gasteiger partial charge >= 0.3 is 0 Å². The normalized spacial score (nSPS) is 11.0. The Balaban J connectivity index is 0.0000000988. The molecule has 137 heavy (non-hydrogen) atoms. The lowest BCUT2D eigenvalue weighted by atomic mass is 10.0. The molecule has 0 N–H and O–H groups in total. The van der Waals surface area contributed by atoms with Crippen molar-refractivity contribution >= 4 is 140 Å². The van der Waals surface area contributed by atoms with Crippen molar-refractivity contribution in [3.63, 3.8) is 0 Å². The molecule has 0 aliphatic carbocycles. The molecule has 26 aromatic rings. The van der Waals surface area contributed by atoms with Crippen LogP contribution in [0, 0.1) is 48.5 Å². The summed E-state index contributed by atoms with van der Waals surface area (Å²) in [6.45, 7) is 13.8. The van der Waals surface area contributed by atoms with Crippen LogP contribution in [0.3, 0.4) is 0 Å². The molecule has 19 heteroatoms. The van der Waals surface area contributed by atoms with Gasteiger partial charge in [-0.1, -0.05) is 352 Å². The average Bonchev–Trinajstić information content (AvgIpc) is 1.63. The summed E-state index contributed by atoms with van der Waals surface area (Å²) < 4.78 is 16.7. The minimum atomic E-state index is 0.715. The molecule has 0 atom stereocenters. The van der Waals surface area contributed by atoms with Crippen LogP contribution in [0.4, 0.5) is 0 Å². The Morgan fingerprint density at radius 2 is 0.511 bits per heavy atom. The number of benzene rings is 15. The molecule has 17 nitrogen and oxygen atoms in total. The molecule has 11 heterocycles. The van der Waals surface area contributed by atoms with E-state index in [1.54, 1.807) is 22.7 Å². The zero-order valence-electron chi connectivity index (χ0n) is 75.9. The van der Waals surface area contributed by atoms with Crippen molar-refractivity contribution in [2.75, 3.05) is 0 Å². The number of furan rings is 2. The Bertz CT molecular complexity index is 8410. The molecule has 11 aromatic heterocycles. The van der Waals surface area contributed by atoms with E-state index in [1.165, 1.54) is 40.3 Å². The average molecular weight is 1810 g/mol. The summed E-state index contributed by atoms with van der Waals surface area (Å²) in [4.78, 5) is 69.0. The summed E-state index contributed by atoms with van der Waals surface area (Å²) in [6.07, 6.45) is 0. The Morgan fingerprint density at radius 3 is 1.02 bits per heavy atom. The number of aromatic nitrogens is 15. The van der Waals surface area contributed by atoms with Crippen molar-refractivity contribution in [3.05, 3.63) is 441 Å². The van der Waals surface area contributed by atoms with Gasteiger partial charge in [-0.3, -0.25) is 0 Å². The molecule has 0 saturated heterocycles. The molecule has 0 unspecified atom stereocenters. The largest absolute Gasteiger partial charge is 0.452 e. The third-order valence-electron chi connectivity index (χ3n) is 23.0. The van der Waals surface area contributed by atoms with Crippen molar-refractivity contribution in [2.24, 2.45) is 0 Å². The molecule has 15 aromatic carbocycles. The van der Waals surface area contributed by atoms with Crippen molar-refractivity contribution in [1.29, 1.82) is 0 Å². The highest BCUT2D eigenvalue weighted by Gasteiger charge is 2.21. The van der Waals surface area contributed by atoms with E-state index in [2.05, 4.69) is 204 Å². The molecule has 0 saturated carbocycles. The van der Waals surface area contributed by atoms with Gasteiger partial charge in [0.2, 0.25) is 0 Å². The van der Waals surface area contributed by atoms with Crippen molar-refractivity contribution in [3.8, 4) is 90.7 Å². The number of hydrogen-bond donors (Lipinski definition) is 0. The number of fused-ring (bicyclic) bond motifs is 16. The maximum absolute atomic E-state index is 5.97. The van der Waals surface area contributed by atoms with Gasteiger partial charge in [0.25, 0.3) is 0 Å². The number of nitrogens with zero attached hydrogens (tertiary/aromatic N) is 15. The van der Waals surface area contributed by atoms with E-state index in [0.717, 1.165) is 196 Å². The van der Waals surface area contributed by atoms with E-state index in [-0.39, 0.29) is 0 Å². The van der Waals surface area contributed by atoms with Crippen LogP contribution in [0.1, 0.15) is 40.4 Å². The van der Waals surface area contributed by atoms with Gasteiger partial charge in [0, 0.05) is 97.3 Å². The molecule has 0 spiro atoms. The monoisotopic (exact) mass is 1810 g/mol. The zero-order valence-corrected chi connectivity index (χ0v) is 77.6. The van der Waals surface area contributed by atoms with E-state index in [9.17, 15) is 0 Å². The van der Waals surface area contributed by atoms with Gasteiger partial charge in [-0.15, -0.1) is 22.7 Å². The van der Waals surface area contributed by atoms with Gasteiger partial charge < -0.3 is 8.83 Å². The summed E-state index contributed by atoms with van der Waals surface area (Å²) in [5.74, 6) is 6.87. The SMILES string of the molecule is Cc1nc(-c2ccccc2)c2ccc3ccccc3c2n1.Cc1nc(-c2ccccc2)c2oc3ccccc3c2n1.Cc1nc(-c2ccccc2)c2sc3ccccc3c2n1.Cc1nc(-c2ccccc2)nc(-c2ccccc2)n1.Cc1nc(-c2ccccc2)nc2c1oc1ccccc12.Cc1nc(-c2ccccc2)nc2c1sc1ccccc12.Cc1nc(-c2ccccc2)nc2ccccc12. The fourth-order valence-electron chi connectivity index (χ4n) is 16.5. The summed E-state index contributed by atoms with van der Waals surface area (Å²) in [5.41, 5.74) is 23.4. The lowest BCUT2D eigenvalue weighted by Crippen LogP contribution is -1.99. The molecule has 0 radical (unpaired) electrons. The molecular weight excluding hydrogens is 1720 g/mol. The number of rotatable bonds is 8. The van der Waals surface area contributed by atoms with Crippen molar-refractivity contribution in [2.45, 2.75) is 48.5 Å². The van der Waals surface area contributed by atoms with E-state index < -0.39 is 0 Å². The quantitative estimate of drug-likeness (QED) is 0.129. The van der Waals surface area contributed by atoms with Gasteiger partial charge in [0.05, 0.1) is 54.2 Å². The standard InChI is InChI=1S/C19H14N2.2C17H12N2O.2C17H12N2S.C16H13N3.C15H12N2/c1-13-20-18(15-8-3-2-4-9-15)17-12-11-14-7-5-6-10-16(14)19(17)21-13;1-11-16-15(13-9-5-6-10-14(13)20-16)19-17(18-11)12-7-3-2-4-8-12;1-11-18-15(12-7-3-2-4-8-12)17-16(19-11)13-9-5-6-10-14(13)20-17;1-11-16-15(13-9-5-6-10-14(13)20-16)19-17(18-11)12-7-3-2-4-8-12;1-11-18-15(12-7-3-2-4-8-12)17-16(19-11)13-9-5-6-10-14(13)20-17;1-12-17-15(13-8-4-2-5-9-13)19-16(18-12)14-10-6-3-7-11-14;1-11-13-9-5-6-10-14(13)17-15(16-11)12-7-3-2-4-8-12/h2-12H,1H3;4*2-10H,1H3;2-11H,1H3;2-10H,1H3. The molecule has 0 aliphatic heterocycles. The summed E-state index contributed by atoms with van der Waals surface area (Å²) in [5, 5.41) is 9.11. The predicted molar refractivity (Wildman–Crippen MR) is 562 cm³/mol. The molecule has 658 valence electrons. The molecule has 0 fully saturated rings. The van der Waals surface area contributed by atoms with Gasteiger partial charge in [0.1, 0.15) is 51.2 Å². The summed E-state index contributed by atoms with van der Waals surface area (Å²) in [6, 6.07) is 134. The van der Waals surface area contributed by atoms with E-state index in [1.807, 2.05) is 315 Å². The zero-order chi connectivity index (χ0) is 93.1. The molecule has 0 aliphatic rings. The Hall–Kier alpha value is -17.4. The third-order valence-corrected chi connectivity index (χ3v) is 25.4. The van der Waals surface area contributed by atoms with Gasteiger partial charge in [0.15, 0.2) is 40.3 Å². The first-order valence-electron chi connectivity index (χ1n) is 45.0. The van der Waals surface area contributed by atoms with Crippen molar-refractivity contribution in [1.82, 2.24) is 74.8 Å². The fourth-order valence-corrected chi connectivity index (χ4v) is 18.8. The maximum Gasteiger partial charge on any atom is 0.180 e. The van der Waals surface area contributed by atoms with Gasteiger partial charge in [-0.25, -0.2) is 74.8 Å². The van der Waals surface area contributed by atoms with Crippen LogP contribution in [0.2, 0.25) is 0 Å². The molecular formula is C118H87N15O2S2.